The van der Waals surface area contributed by atoms with Crippen LogP contribution < -0.4 is 4.74 Å². The summed E-state index contributed by atoms with van der Waals surface area (Å²) in [6.45, 7) is 15.4. The molecule has 2 rings (SSSR count). The van der Waals surface area contributed by atoms with E-state index in [0.717, 1.165) is 0 Å². The molecule has 2 aromatic carbocycles. The van der Waals surface area contributed by atoms with Crippen LogP contribution in [0.15, 0.2) is 76.2 Å². The van der Waals surface area contributed by atoms with Crippen LogP contribution in [0.5, 0.6) is 5.75 Å². The van der Waals surface area contributed by atoms with Crippen molar-refractivity contribution >= 4 is 41.1 Å². The van der Waals surface area contributed by atoms with Gasteiger partial charge in [0.2, 0.25) is 9.84 Å². The molecule has 0 spiro atoms. The van der Waals surface area contributed by atoms with Gasteiger partial charge < -0.3 is 13.0 Å². The second-order valence-electron chi connectivity index (χ2n) is 10.2. The first-order valence-electron chi connectivity index (χ1n) is 11.4. The van der Waals surface area contributed by atoms with Crippen LogP contribution in [0.2, 0.25) is 45.8 Å². The monoisotopic (exact) mass is 545 g/mol. The Kier molecular flexibility index (Phi) is 9.64. The molecule has 0 heterocycles. The zero-order valence-electron chi connectivity index (χ0n) is 21.5. The molecule has 0 aliphatic rings. The lowest BCUT2D eigenvalue weighted by atomic mass is 10.2. The molecule has 0 unspecified atom stereocenters. The minimum absolute atomic E-state index is 0.0892. The minimum Gasteiger partial charge on any atom is -0.490 e. The van der Waals surface area contributed by atoms with Crippen LogP contribution in [0.3, 0.4) is 0 Å². The Morgan fingerprint density at radius 2 is 1.43 bits per heavy atom. The summed E-state index contributed by atoms with van der Waals surface area (Å²) in [4.78, 5) is -0.222. The van der Waals surface area contributed by atoms with Crippen molar-refractivity contribution in [3.8, 4) is 11.8 Å². The molecular weight excluding hydrogens is 511 g/mol. The van der Waals surface area contributed by atoms with E-state index in [1.165, 1.54) is 18.2 Å². The summed E-state index contributed by atoms with van der Waals surface area (Å²) >= 11 is 0. The zero-order valence-corrected chi connectivity index (χ0v) is 25.3. The third-order valence-corrected chi connectivity index (χ3v) is 15.1. The molecule has 0 fully saturated rings. The molecule has 0 N–H and O–H groups in total. The fourth-order valence-electron chi connectivity index (χ4n) is 3.42. The lowest BCUT2D eigenvalue weighted by Gasteiger charge is -2.36. The maximum absolute atomic E-state index is 12.7. The average Bonchev–Trinajstić information content (AvgIpc) is 2.74. The van der Waals surface area contributed by atoms with E-state index in [4.69, 9.17) is 13.0 Å². The highest BCUT2D eigenvalue weighted by Gasteiger charge is 2.38. The van der Waals surface area contributed by atoms with E-state index < -0.39 is 35.0 Å². The molecule has 6 nitrogen and oxygen atoms in total. The van der Waals surface area contributed by atoms with Gasteiger partial charge in [0.1, 0.15) is 23.3 Å². The number of nitrogens with zero attached hydrogens (tertiary/aromatic N) is 1. The Labute approximate surface area is 213 Å². The van der Waals surface area contributed by atoms with Crippen LogP contribution in [0.4, 0.5) is 0 Å². The van der Waals surface area contributed by atoms with E-state index in [-0.39, 0.29) is 9.80 Å². The normalized spacial score (nSPS) is 13.6. The maximum atomic E-state index is 12.7. The summed E-state index contributed by atoms with van der Waals surface area (Å²) in [5.41, 5.74) is 2.64. The molecule has 188 valence electrons. The molecule has 0 saturated carbocycles. The third kappa shape index (κ3) is 9.72. The Hall–Kier alpha value is -2.27. The largest absolute Gasteiger partial charge is 0.490 e. The first-order chi connectivity index (χ1) is 16.1. The van der Waals surface area contributed by atoms with Gasteiger partial charge in [0.25, 0.3) is 0 Å². The van der Waals surface area contributed by atoms with E-state index in [1.807, 2.05) is 17.8 Å². The van der Waals surface area contributed by atoms with Gasteiger partial charge in [0, 0.05) is 0 Å². The number of hydrogen-bond acceptors (Lipinski definition) is 6. The summed E-state index contributed by atoms with van der Waals surface area (Å²) in [7, 11) is -9.90. The quantitative estimate of drug-likeness (QED) is 0.244. The zero-order chi connectivity index (χ0) is 26.3. The van der Waals surface area contributed by atoms with Gasteiger partial charge in [-0.1, -0.05) is 36.4 Å². The van der Waals surface area contributed by atoms with E-state index >= 15 is 0 Å². The van der Waals surface area contributed by atoms with E-state index in [9.17, 15) is 13.7 Å². The molecule has 0 saturated heterocycles. The van der Waals surface area contributed by atoms with Crippen molar-refractivity contribution in [1.29, 1.82) is 5.26 Å². The van der Waals surface area contributed by atoms with Crippen LogP contribution in [0.25, 0.3) is 6.08 Å². The van der Waals surface area contributed by atoms with Crippen LogP contribution in [-0.4, -0.2) is 40.2 Å². The summed E-state index contributed by atoms with van der Waals surface area (Å²) < 4.78 is 44.2. The second kappa shape index (κ2) is 11.6. The standard InChI is InChI=1S/C25H35NO5SSi3/c1-33(2,3)30-35(7,31-34(4,5)6)19-11-18-29-23-16-14-22(15-17-23)20-25(21-26)32(27,28)24-12-9-8-10-13-24/h8-17,19-20H,18H2,1-7H3/b19-11+,25-20+. The molecule has 0 aromatic heterocycles. The molecule has 0 amide bonds. The van der Waals surface area contributed by atoms with Crippen LogP contribution in [0, 0.1) is 11.3 Å². The van der Waals surface area contributed by atoms with E-state index in [0.29, 0.717) is 17.9 Å². The van der Waals surface area contributed by atoms with Crippen molar-refractivity contribution in [2.24, 2.45) is 0 Å². The predicted molar refractivity (Wildman–Crippen MR) is 149 cm³/mol. The number of rotatable bonds is 11. The highest BCUT2D eigenvalue weighted by molar-refractivity contribution is 7.95. The lowest BCUT2D eigenvalue weighted by molar-refractivity contribution is 0.361. The van der Waals surface area contributed by atoms with Gasteiger partial charge in [-0.2, -0.15) is 5.26 Å². The maximum Gasteiger partial charge on any atom is 0.341 e. The summed E-state index contributed by atoms with van der Waals surface area (Å²) in [5, 5.41) is 9.45. The molecule has 10 heteroatoms. The summed E-state index contributed by atoms with van der Waals surface area (Å²) in [6, 6.07) is 16.7. The lowest BCUT2D eigenvalue weighted by Crippen LogP contribution is -2.51. The predicted octanol–water partition coefficient (Wildman–Crippen LogP) is 6.27. The van der Waals surface area contributed by atoms with Crippen molar-refractivity contribution in [2.45, 2.75) is 50.7 Å². The average molecular weight is 546 g/mol. The molecule has 0 bridgehead atoms. The highest BCUT2D eigenvalue weighted by Crippen LogP contribution is 2.23. The van der Waals surface area contributed by atoms with Gasteiger partial charge in [-0.25, -0.2) is 8.42 Å². The number of ether oxygens (including phenoxy) is 1. The molecule has 0 atom stereocenters. The van der Waals surface area contributed by atoms with Crippen LogP contribution in [0.1, 0.15) is 5.56 Å². The Balaban J connectivity index is 2.09. The second-order valence-corrected chi connectivity index (χ2v) is 24.5. The number of benzene rings is 2. The van der Waals surface area contributed by atoms with Gasteiger partial charge in [0.15, 0.2) is 16.6 Å². The number of allylic oxidation sites excluding steroid dienone is 1. The van der Waals surface area contributed by atoms with Crippen molar-refractivity contribution in [1.82, 2.24) is 0 Å². The molecular formula is C25H35NO5SSi3. The summed E-state index contributed by atoms with van der Waals surface area (Å²) in [6.07, 6.45) is 3.31. The SMILES string of the molecule is C[Si](C)(C)O[Si](C)(/C=C/COc1ccc(/C=C(\C#N)S(=O)(=O)c2ccccc2)cc1)O[Si](C)(C)C. The topological polar surface area (TPSA) is 85.6 Å². The Bertz CT molecular complexity index is 1170. The van der Waals surface area contributed by atoms with Crippen LogP contribution >= 0.6 is 0 Å². The smallest absolute Gasteiger partial charge is 0.341 e. The van der Waals surface area contributed by atoms with Crippen molar-refractivity contribution < 1.29 is 21.4 Å². The molecule has 35 heavy (non-hydrogen) atoms. The van der Waals surface area contributed by atoms with E-state index in [2.05, 4.69) is 45.8 Å². The fraction of sp³-hybridized carbons (Fsp3) is 0.320. The van der Waals surface area contributed by atoms with Gasteiger partial charge in [-0.3, -0.25) is 0 Å². The Morgan fingerprint density at radius 3 is 1.91 bits per heavy atom. The van der Waals surface area contributed by atoms with Crippen molar-refractivity contribution in [3.05, 3.63) is 76.8 Å². The number of hydrogen-bond donors (Lipinski definition) is 0. The molecule has 0 aliphatic heterocycles. The number of nitriles is 1. The van der Waals surface area contributed by atoms with Gasteiger partial charge in [-0.05, 0) is 87.4 Å². The van der Waals surface area contributed by atoms with Crippen molar-refractivity contribution in [3.63, 3.8) is 0 Å². The Morgan fingerprint density at radius 1 is 0.886 bits per heavy atom. The molecule has 2 aromatic rings. The highest BCUT2D eigenvalue weighted by atomic mass is 32.2. The van der Waals surface area contributed by atoms with E-state index in [1.54, 1.807) is 42.5 Å². The minimum atomic E-state index is -3.87. The summed E-state index contributed by atoms with van der Waals surface area (Å²) in [5.74, 6) is 0.636. The number of sulfone groups is 1. The fourth-order valence-corrected chi connectivity index (χ4v) is 15.9. The van der Waals surface area contributed by atoms with Crippen molar-refractivity contribution in [2.75, 3.05) is 6.61 Å². The van der Waals surface area contributed by atoms with Gasteiger partial charge in [0.05, 0.1) is 4.90 Å². The van der Waals surface area contributed by atoms with Gasteiger partial charge >= 0.3 is 8.56 Å². The first-order valence-corrected chi connectivity index (χ1v) is 22.1. The molecule has 0 aliphatic carbocycles. The van der Waals surface area contributed by atoms with Crippen LogP contribution in [-0.2, 0) is 18.1 Å². The first kappa shape index (κ1) is 29.0. The van der Waals surface area contributed by atoms with Gasteiger partial charge in [-0.15, -0.1) is 0 Å². The third-order valence-electron chi connectivity index (χ3n) is 4.42. The molecule has 0 radical (unpaired) electrons.